The topological polar surface area (TPSA) is 172 Å². The van der Waals surface area contributed by atoms with Gasteiger partial charge in [-0.05, 0) is 13.8 Å². The minimum Gasteiger partial charge on any atom is -0.346 e. The SMILES string of the molecule is CCOS(=O)(=O)OCC(C)(OCCN=[N+]=N)OCCN=[N+]=N. The second kappa shape index (κ2) is 11.0. The van der Waals surface area contributed by atoms with Gasteiger partial charge >= 0.3 is 10.4 Å². The molecule has 0 radical (unpaired) electrons. The van der Waals surface area contributed by atoms with Crippen LogP contribution in [0.4, 0.5) is 0 Å². The highest BCUT2D eigenvalue weighted by atomic mass is 32.3. The Kier molecular flexibility index (Phi) is 10.2. The molecule has 2 N–H and O–H groups in total. The van der Waals surface area contributed by atoms with Gasteiger partial charge in [-0.2, -0.15) is 8.42 Å². The Morgan fingerprint density at radius 2 is 1.55 bits per heavy atom. The van der Waals surface area contributed by atoms with Crippen molar-refractivity contribution in [2.24, 2.45) is 10.2 Å². The van der Waals surface area contributed by atoms with Crippen molar-refractivity contribution in [2.75, 3.05) is 39.5 Å². The van der Waals surface area contributed by atoms with Crippen molar-refractivity contribution in [3.05, 3.63) is 0 Å². The predicted octanol–water partition coefficient (Wildman–Crippen LogP) is 0.134. The second-order valence-electron chi connectivity index (χ2n) is 3.84. The summed E-state index contributed by atoms with van der Waals surface area (Å²) in [6, 6.07) is 0. The van der Waals surface area contributed by atoms with Crippen LogP contribution in [0.25, 0.3) is 0 Å². The van der Waals surface area contributed by atoms with E-state index in [-0.39, 0.29) is 32.9 Å². The van der Waals surface area contributed by atoms with Crippen LogP contribution in [0, 0.1) is 11.1 Å². The van der Waals surface area contributed by atoms with Crippen LogP contribution in [0.1, 0.15) is 13.8 Å². The average molecular weight is 340 g/mol. The standard InChI is InChI=1S/C9H20N6O6S/c1-3-20-22(16,17)21-8-9(2,18-6-4-12-14-10)19-7-5-13-15-11/h10-11H,3-8H2,1-2H3/q+2. The largest absolute Gasteiger partial charge is 0.400 e. The average Bonchev–Trinajstić information content (AvgIpc) is 2.47. The first-order valence-corrected chi connectivity index (χ1v) is 7.60. The van der Waals surface area contributed by atoms with Crippen LogP contribution in [0.5, 0.6) is 0 Å². The Labute approximate surface area is 127 Å². The van der Waals surface area contributed by atoms with E-state index in [0.717, 1.165) is 0 Å². The van der Waals surface area contributed by atoms with Crippen LogP contribution < -0.4 is 9.82 Å². The monoisotopic (exact) mass is 340 g/mol. The zero-order valence-corrected chi connectivity index (χ0v) is 13.2. The number of nitrogens with one attached hydrogen (secondary N) is 2. The Balaban J connectivity index is 4.60. The summed E-state index contributed by atoms with van der Waals surface area (Å²) in [6.07, 6.45) is 0. The molecule has 126 valence electrons. The number of nitrogens with zero attached hydrogens (tertiary/aromatic N) is 4. The van der Waals surface area contributed by atoms with E-state index in [9.17, 15) is 8.42 Å². The molecular weight excluding hydrogens is 320 g/mol. The van der Waals surface area contributed by atoms with Crippen molar-refractivity contribution < 1.29 is 26.3 Å². The van der Waals surface area contributed by atoms with Gasteiger partial charge < -0.3 is 9.47 Å². The fraction of sp³-hybridized carbons (Fsp3) is 1.00. The smallest absolute Gasteiger partial charge is 0.346 e. The first-order valence-electron chi connectivity index (χ1n) is 6.27. The lowest BCUT2D eigenvalue weighted by molar-refractivity contribution is -0.236. The van der Waals surface area contributed by atoms with Crippen molar-refractivity contribution >= 4 is 10.4 Å². The first-order chi connectivity index (χ1) is 10.4. The van der Waals surface area contributed by atoms with Gasteiger partial charge in [0.2, 0.25) is 9.82 Å². The van der Waals surface area contributed by atoms with Crippen LogP contribution in [0.3, 0.4) is 0 Å². The molecule has 0 spiro atoms. The maximum absolute atomic E-state index is 11.4. The van der Waals surface area contributed by atoms with E-state index in [0.29, 0.717) is 0 Å². The molecule has 0 rings (SSSR count). The molecule has 0 heterocycles. The summed E-state index contributed by atoms with van der Waals surface area (Å²) in [7, 11) is -4.14. The lowest BCUT2D eigenvalue weighted by Gasteiger charge is -2.28. The molecule has 0 saturated carbocycles. The van der Waals surface area contributed by atoms with Crippen LogP contribution in [-0.4, -0.2) is 53.7 Å². The Hall–Kier alpha value is -1.59. The molecule has 0 aliphatic carbocycles. The minimum absolute atomic E-state index is 0.0386. The highest BCUT2D eigenvalue weighted by Crippen LogP contribution is 2.15. The summed E-state index contributed by atoms with van der Waals surface area (Å²) in [6.45, 7) is 2.74. The molecule has 0 aliphatic rings. The summed E-state index contributed by atoms with van der Waals surface area (Å²) >= 11 is 0. The van der Waals surface area contributed by atoms with Crippen LogP contribution in [-0.2, 0) is 28.2 Å². The maximum Gasteiger partial charge on any atom is 0.400 e. The Bertz CT molecular complexity index is 489. The van der Waals surface area contributed by atoms with Crippen molar-refractivity contribution in [3.8, 4) is 0 Å². The third kappa shape index (κ3) is 10.2. The number of hydrogen-bond donors (Lipinski definition) is 2. The van der Waals surface area contributed by atoms with Gasteiger partial charge in [0.15, 0.2) is 5.79 Å². The van der Waals surface area contributed by atoms with Gasteiger partial charge in [0, 0.05) is 0 Å². The van der Waals surface area contributed by atoms with E-state index in [2.05, 4.69) is 28.4 Å². The van der Waals surface area contributed by atoms with Crippen LogP contribution >= 0.6 is 0 Å². The zero-order chi connectivity index (χ0) is 16.9. The zero-order valence-electron chi connectivity index (χ0n) is 12.4. The van der Waals surface area contributed by atoms with Crippen molar-refractivity contribution in [3.63, 3.8) is 0 Å². The summed E-state index contributed by atoms with van der Waals surface area (Å²) in [5.41, 5.74) is 13.0. The third-order valence-electron chi connectivity index (χ3n) is 2.07. The number of hydrogen-bond acceptors (Lipinski definition) is 10. The quantitative estimate of drug-likeness (QED) is 0.209. The lowest BCUT2D eigenvalue weighted by atomic mass is 10.3. The van der Waals surface area contributed by atoms with E-state index < -0.39 is 22.8 Å². The summed E-state index contributed by atoms with van der Waals surface area (Å²) < 4.78 is 42.5. The van der Waals surface area contributed by atoms with Gasteiger partial charge in [-0.3, -0.25) is 0 Å². The van der Waals surface area contributed by atoms with Gasteiger partial charge in [-0.1, -0.05) is 0 Å². The van der Waals surface area contributed by atoms with Crippen molar-refractivity contribution in [2.45, 2.75) is 19.6 Å². The Morgan fingerprint density at radius 3 is 1.95 bits per heavy atom. The fourth-order valence-electron chi connectivity index (χ4n) is 1.19. The van der Waals surface area contributed by atoms with E-state index in [1.807, 2.05) is 0 Å². The summed E-state index contributed by atoms with van der Waals surface area (Å²) in [5.74, 6) is -1.40. The Morgan fingerprint density at radius 1 is 1.05 bits per heavy atom. The molecule has 0 unspecified atom stereocenters. The molecule has 0 aliphatic heterocycles. The van der Waals surface area contributed by atoms with Gasteiger partial charge in [0.05, 0.1) is 19.8 Å². The van der Waals surface area contributed by atoms with Crippen molar-refractivity contribution in [1.29, 1.82) is 11.1 Å². The highest BCUT2D eigenvalue weighted by Gasteiger charge is 2.30. The lowest BCUT2D eigenvalue weighted by Crippen LogP contribution is -2.40. The number of ether oxygens (including phenoxy) is 2. The molecule has 12 nitrogen and oxygen atoms in total. The molecule has 22 heavy (non-hydrogen) atoms. The van der Waals surface area contributed by atoms with Gasteiger partial charge in [-0.15, -0.1) is 0 Å². The minimum atomic E-state index is -4.14. The highest BCUT2D eigenvalue weighted by molar-refractivity contribution is 7.81. The second-order valence-corrected chi connectivity index (χ2v) is 5.13. The van der Waals surface area contributed by atoms with E-state index in [1.54, 1.807) is 0 Å². The molecular formula is C9H20N6O6S+2. The van der Waals surface area contributed by atoms with E-state index >= 15 is 0 Å². The predicted molar refractivity (Wildman–Crippen MR) is 71.1 cm³/mol. The molecule has 0 aromatic rings. The summed E-state index contributed by atoms with van der Waals surface area (Å²) in [5, 5.41) is 6.78. The first kappa shape index (κ1) is 20.4. The number of rotatable bonds is 13. The molecule has 0 amide bonds. The van der Waals surface area contributed by atoms with Gasteiger partial charge in [-0.25, -0.2) is 8.37 Å². The molecule has 13 heteroatoms. The molecule has 0 bridgehead atoms. The third-order valence-corrected chi connectivity index (χ3v) is 3.00. The van der Waals surface area contributed by atoms with E-state index in [4.69, 9.17) is 20.5 Å². The molecule has 0 atom stereocenters. The molecule has 0 aromatic heterocycles. The van der Waals surface area contributed by atoms with Crippen molar-refractivity contribution in [1.82, 2.24) is 9.82 Å². The molecule has 0 saturated heterocycles. The van der Waals surface area contributed by atoms with Gasteiger partial charge in [0.25, 0.3) is 0 Å². The summed E-state index contributed by atoms with van der Waals surface area (Å²) in [4.78, 5) is 5.62. The van der Waals surface area contributed by atoms with Gasteiger partial charge in [0.1, 0.15) is 41.0 Å². The molecule has 0 fully saturated rings. The molecule has 0 aromatic carbocycles. The van der Waals surface area contributed by atoms with Crippen LogP contribution in [0.2, 0.25) is 0 Å². The van der Waals surface area contributed by atoms with Crippen LogP contribution in [0.15, 0.2) is 10.2 Å². The van der Waals surface area contributed by atoms with E-state index in [1.165, 1.54) is 13.8 Å². The maximum atomic E-state index is 11.4. The normalized spacial score (nSPS) is 13.7. The fourth-order valence-corrected chi connectivity index (χ4v) is 1.90.